The van der Waals surface area contributed by atoms with Crippen LogP contribution in [0.1, 0.15) is 20.8 Å². The molecule has 16 heavy (non-hydrogen) atoms. The predicted octanol–water partition coefficient (Wildman–Crippen LogP) is -1.66. The van der Waals surface area contributed by atoms with Gasteiger partial charge in [0.25, 0.3) is 11.8 Å². The molecule has 2 amide bonds. The fourth-order valence-corrected chi connectivity index (χ4v) is 1.60. The Morgan fingerprint density at radius 3 is 2.69 bits per heavy atom. The maximum absolute atomic E-state index is 11.8. The number of nitrogens with two attached hydrogens (primary N) is 1. The zero-order chi connectivity index (χ0) is 11.9. The maximum Gasteiger partial charge on any atom is 0.275 e. The summed E-state index contributed by atoms with van der Waals surface area (Å²) in [6.07, 6.45) is 0.927. The van der Waals surface area contributed by atoms with Gasteiger partial charge < -0.3 is 15.7 Å². The molecule has 0 aromatic carbocycles. The second-order valence-electron chi connectivity index (χ2n) is 3.79. The van der Waals surface area contributed by atoms with E-state index >= 15 is 0 Å². The first kappa shape index (κ1) is 10.6. The zero-order valence-corrected chi connectivity index (χ0v) is 8.75. The highest BCUT2D eigenvalue weighted by atomic mass is 16.3. The van der Waals surface area contributed by atoms with E-state index in [2.05, 4.69) is 5.10 Å². The molecule has 7 heteroatoms. The molecule has 1 saturated heterocycles. The molecule has 0 unspecified atom stereocenters. The molecule has 2 heterocycles. The lowest BCUT2D eigenvalue weighted by Gasteiger charge is -2.35. The van der Waals surface area contributed by atoms with Gasteiger partial charge in [-0.1, -0.05) is 0 Å². The Morgan fingerprint density at radius 1 is 1.56 bits per heavy atom. The first-order chi connectivity index (χ1) is 7.49. The monoisotopic (exact) mass is 224 g/mol. The minimum Gasteiger partial charge on any atom is -0.389 e. The third-order valence-electron chi connectivity index (χ3n) is 2.45. The number of amides is 2. The Labute approximate surface area is 91.4 Å². The van der Waals surface area contributed by atoms with Gasteiger partial charge in [0.05, 0.1) is 11.7 Å². The topological polar surface area (TPSA) is 101 Å². The van der Waals surface area contributed by atoms with Crippen LogP contribution in [0.4, 0.5) is 0 Å². The van der Waals surface area contributed by atoms with E-state index in [0.717, 1.165) is 0 Å². The van der Waals surface area contributed by atoms with Crippen LogP contribution < -0.4 is 5.73 Å². The number of hydrogen-bond donors (Lipinski definition) is 2. The van der Waals surface area contributed by atoms with Gasteiger partial charge in [-0.25, -0.2) is 0 Å². The molecular formula is C9H12N4O3. The fraction of sp³-hybridized carbons (Fsp3) is 0.444. The number of nitrogens with zero attached hydrogens (tertiary/aromatic N) is 3. The summed E-state index contributed by atoms with van der Waals surface area (Å²) in [6.45, 7) is 0.543. The summed E-state index contributed by atoms with van der Waals surface area (Å²) in [4.78, 5) is 24.3. The molecule has 3 N–H and O–H groups in total. The summed E-state index contributed by atoms with van der Waals surface area (Å²) in [5.74, 6) is -1.06. The summed E-state index contributed by atoms with van der Waals surface area (Å²) in [5, 5.41) is 13.0. The largest absolute Gasteiger partial charge is 0.389 e. The molecular weight excluding hydrogens is 212 g/mol. The molecule has 0 atom stereocenters. The van der Waals surface area contributed by atoms with Crippen molar-refractivity contribution < 1.29 is 14.7 Å². The van der Waals surface area contributed by atoms with Crippen molar-refractivity contribution in [2.24, 2.45) is 12.8 Å². The molecule has 2 rings (SSSR count). The summed E-state index contributed by atoms with van der Waals surface area (Å²) >= 11 is 0. The summed E-state index contributed by atoms with van der Waals surface area (Å²) < 4.78 is 1.36. The van der Waals surface area contributed by atoms with Crippen molar-refractivity contribution in [3.8, 4) is 0 Å². The van der Waals surface area contributed by atoms with Gasteiger partial charge in [-0.2, -0.15) is 5.10 Å². The summed E-state index contributed by atoms with van der Waals surface area (Å²) in [7, 11) is 1.61. The minimum atomic E-state index is -0.683. The van der Waals surface area contributed by atoms with Gasteiger partial charge in [-0.15, -0.1) is 0 Å². The number of carbonyl (C=O) groups excluding carboxylic acids is 2. The van der Waals surface area contributed by atoms with Crippen LogP contribution in [0.25, 0.3) is 0 Å². The Hall–Kier alpha value is -1.89. The smallest absolute Gasteiger partial charge is 0.275 e. The highest BCUT2D eigenvalue weighted by Gasteiger charge is 2.32. The lowest BCUT2D eigenvalue weighted by molar-refractivity contribution is 0.00539. The van der Waals surface area contributed by atoms with Crippen molar-refractivity contribution in [1.82, 2.24) is 14.7 Å². The quantitative estimate of drug-likeness (QED) is 0.627. The molecule has 0 saturated carbocycles. The van der Waals surface area contributed by atoms with Gasteiger partial charge in [0.15, 0.2) is 5.69 Å². The lowest BCUT2D eigenvalue weighted by Crippen LogP contribution is -2.53. The van der Waals surface area contributed by atoms with Gasteiger partial charge in [0.2, 0.25) is 0 Å². The van der Waals surface area contributed by atoms with Crippen molar-refractivity contribution in [1.29, 1.82) is 0 Å². The molecule has 1 aliphatic heterocycles. The first-order valence-corrected chi connectivity index (χ1v) is 4.80. The number of aliphatic hydroxyl groups excluding tert-OH is 1. The van der Waals surface area contributed by atoms with Gasteiger partial charge in [0, 0.05) is 26.3 Å². The van der Waals surface area contributed by atoms with Crippen molar-refractivity contribution in [2.75, 3.05) is 13.1 Å². The van der Waals surface area contributed by atoms with Crippen LogP contribution in [0.15, 0.2) is 6.20 Å². The van der Waals surface area contributed by atoms with Crippen LogP contribution in [0.3, 0.4) is 0 Å². The average Bonchev–Trinajstić information content (AvgIpc) is 2.54. The molecule has 1 aromatic rings. The van der Waals surface area contributed by atoms with E-state index < -0.39 is 12.0 Å². The van der Waals surface area contributed by atoms with E-state index in [-0.39, 0.29) is 30.3 Å². The Morgan fingerprint density at radius 2 is 2.19 bits per heavy atom. The second-order valence-corrected chi connectivity index (χ2v) is 3.79. The number of β-amino-alcohol motifs (C(OH)–C–C–N with tert-alkyl or cyclic N) is 1. The minimum absolute atomic E-state index is 0.0434. The standard InChI is InChI=1S/C9H12N4O3/c1-12-4-6(8(10)15)7(11-12)9(16)13-2-5(14)3-13/h4-5,14H,2-3H2,1H3,(H2,10,15). The van der Waals surface area contributed by atoms with Crippen LogP contribution in [0, 0.1) is 0 Å². The number of likely N-dealkylation sites (tertiary alicyclic amines) is 1. The maximum atomic E-state index is 11.8. The summed E-state index contributed by atoms with van der Waals surface area (Å²) in [6, 6.07) is 0. The number of rotatable bonds is 2. The van der Waals surface area contributed by atoms with E-state index in [1.807, 2.05) is 0 Å². The van der Waals surface area contributed by atoms with Crippen molar-refractivity contribution in [2.45, 2.75) is 6.10 Å². The number of primary amides is 1. The molecule has 0 aliphatic carbocycles. The molecule has 1 fully saturated rings. The number of carbonyl (C=O) groups is 2. The average molecular weight is 224 g/mol. The number of aliphatic hydroxyl groups is 1. The SMILES string of the molecule is Cn1cc(C(N)=O)c(C(=O)N2CC(O)C2)n1. The molecule has 1 aliphatic rings. The number of aryl methyl sites for hydroxylation is 1. The molecule has 7 nitrogen and oxygen atoms in total. The fourth-order valence-electron chi connectivity index (χ4n) is 1.60. The second kappa shape index (κ2) is 3.60. The van der Waals surface area contributed by atoms with Gasteiger partial charge in [0.1, 0.15) is 0 Å². The van der Waals surface area contributed by atoms with Gasteiger partial charge in [-0.05, 0) is 0 Å². The predicted molar refractivity (Wildman–Crippen MR) is 53.6 cm³/mol. The third-order valence-corrected chi connectivity index (χ3v) is 2.45. The van der Waals surface area contributed by atoms with Crippen molar-refractivity contribution in [3.05, 3.63) is 17.5 Å². The van der Waals surface area contributed by atoms with Crippen molar-refractivity contribution in [3.63, 3.8) is 0 Å². The van der Waals surface area contributed by atoms with E-state index in [9.17, 15) is 9.59 Å². The van der Waals surface area contributed by atoms with Crippen LogP contribution in [0.2, 0.25) is 0 Å². The Kier molecular flexibility index (Phi) is 2.39. The Bertz CT molecular complexity index is 448. The van der Waals surface area contributed by atoms with E-state index in [0.29, 0.717) is 0 Å². The van der Waals surface area contributed by atoms with E-state index in [1.165, 1.54) is 15.8 Å². The van der Waals surface area contributed by atoms with Crippen LogP contribution in [-0.4, -0.2) is 50.8 Å². The van der Waals surface area contributed by atoms with Crippen molar-refractivity contribution >= 4 is 11.8 Å². The van der Waals surface area contributed by atoms with Crippen LogP contribution >= 0.6 is 0 Å². The normalized spacial score (nSPS) is 16.0. The Balaban J connectivity index is 2.26. The third kappa shape index (κ3) is 1.65. The van der Waals surface area contributed by atoms with Gasteiger partial charge >= 0.3 is 0 Å². The van der Waals surface area contributed by atoms with Gasteiger partial charge in [-0.3, -0.25) is 14.3 Å². The van der Waals surface area contributed by atoms with Crippen LogP contribution in [0.5, 0.6) is 0 Å². The zero-order valence-electron chi connectivity index (χ0n) is 8.75. The number of aromatic nitrogens is 2. The highest BCUT2D eigenvalue weighted by Crippen LogP contribution is 2.14. The molecule has 0 radical (unpaired) electrons. The molecule has 0 bridgehead atoms. The molecule has 86 valence electrons. The lowest BCUT2D eigenvalue weighted by atomic mass is 10.1. The van der Waals surface area contributed by atoms with Crippen LogP contribution in [-0.2, 0) is 7.05 Å². The molecule has 1 aromatic heterocycles. The first-order valence-electron chi connectivity index (χ1n) is 4.80. The molecule has 0 spiro atoms. The highest BCUT2D eigenvalue weighted by molar-refractivity contribution is 6.05. The number of hydrogen-bond acceptors (Lipinski definition) is 4. The summed E-state index contributed by atoms with van der Waals surface area (Å²) in [5.41, 5.74) is 5.29. The van der Waals surface area contributed by atoms with E-state index in [1.54, 1.807) is 7.05 Å². The van der Waals surface area contributed by atoms with E-state index in [4.69, 9.17) is 10.8 Å².